The van der Waals surface area contributed by atoms with Gasteiger partial charge in [0.25, 0.3) is 0 Å². The molecular weight excluding hydrogens is 458 g/mol. The fourth-order valence-electron chi connectivity index (χ4n) is 5.15. The first-order valence-electron chi connectivity index (χ1n) is 11.9. The summed E-state index contributed by atoms with van der Waals surface area (Å²) in [6, 6.07) is 16.2. The largest absolute Gasteiger partial charge is 0.497 e. The van der Waals surface area contributed by atoms with Gasteiger partial charge in [0.05, 0.1) is 51.1 Å². The topological polar surface area (TPSA) is 59.3 Å². The van der Waals surface area contributed by atoms with Gasteiger partial charge in [0, 0.05) is 11.8 Å². The van der Waals surface area contributed by atoms with E-state index in [1.807, 2.05) is 30.3 Å². The zero-order valence-electron chi connectivity index (χ0n) is 20.6. The lowest BCUT2D eigenvalue weighted by Gasteiger charge is -2.21. The molecule has 2 aliphatic heterocycles. The number of pyridine rings is 1. The molecule has 0 bridgehead atoms. The van der Waals surface area contributed by atoms with Crippen LogP contribution in [0.2, 0.25) is 0 Å². The van der Waals surface area contributed by atoms with Crippen LogP contribution < -0.4 is 28.3 Å². The van der Waals surface area contributed by atoms with E-state index >= 15 is 0 Å². The van der Waals surface area contributed by atoms with Crippen molar-refractivity contribution in [3.05, 3.63) is 71.4 Å². The molecule has 7 nitrogen and oxygen atoms in total. The van der Waals surface area contributed by atoms with Crippen LogP contribution in [0, 0.1) is 0 Å². The summed E-state index contributed by atoms with van der Waals surface area (Å²) in [5.74, 6) is 3.84. The highest BCUT2D eigenvalue weighted by Crippen LogP contribution is 2.43. The summed E-state index contributed by atoms with van der Waals surface area (Å²) in [5.41, 5.74) is 5.70. The molecule has 0 saturated heterocycles. The Morgan fingerprint density at radius 2 is 1.64 bits per heavy atom. The van der Waals surface area contributed by atoms with Crippen LogP contribution in [0.25, 0.3) is 22.0 Å². The number of ether oxygens (including phenoxy) is 6. The second kappa shape index (κ2) is 9.24. The van der Waals surface area contributed by atoms with E-state index in [9.17, 15) is 0 Å². The monoisotopic (exact) mass is 486 g/mol. The molecule has 0 aliphatic carbocycles. The number of hydrogen-bond acceptors (Lipinski definition) is 6. The van der Waals surface area contributed by atoms with Crippen molar-refractivity contribution in [3.8, 4) is 40.0 Å². The van der Waals surface area contributed by atoms with Crippen molar-refractivity contribution in [1.82, 2.24) is 0 Å². The highest BCUT2D eigenvalue weighted by molar-refractivity contribution is 5.95. The van der Waals surface area contributed by atoms with Crippen molar-refractivity contribution < 1.29 is 33.0 Å². The average molecular weight is 487 g/mol. The third-order valence-corrected chi connectivity index (χ3v) is 6.92. The molecule has 0 radical (unpaired) electrons. The minimum atomic E-state index is 0.255. The van der Waals surface area contributed by atoms with Crippen LogP contribution in [0.1, 0.15) is 16.7 Å². The maximum atomic E-state index is 6.31. The number of fused-ring (bicyclic) bond motifs is 5. The molecule has 0 saturated carbocycles. The summed E-state index contributed by atoms with van der Waals surface area (Å²) in [6.07, 6.45) is 3.06. The van der Waals surface area contributed by atoms with E-state index in [2.05, 4.69) is 29.0 Å². The van der Waals surface area contributed by atoms with Crippen molar-refractivity contribution in [3.63, 3.8) is 0 Å². The van der Waals surface area contributed by atoms with Crippen LogP contribution in [-0.2, 0) is 30.9 Å². The molecular formula is C29H28NO6+. The van der Waals surface area contributed by atoms with Crippen molar-refractivity contribution in [1.29, 1.82) is 0 Å². The molecule has 0 N–H and O–H groups in total. The van der Waals surface area contributed by atoms with Crippen molar-refractivity contribution in [2.75, 3.05) is 28.1 Å². The smallest absolute Gasteiger partial charge is 0.231 e. The fourth-order valence-corrected chi connectivity index (χ4v) is 5.15. The van der Waals surface area contributed by atoms with Gasteiger partial charge >= 0.3 is 0 Å². The molecule has 3 aromatic carbocycles. The average Bonchev–Trinajstić information content (AvgIpc) is 3.38. The molecule has 0 spiro atoms. The second-order valence-electron chi connectivity index (χ2n) is 8.87. The first-order chi connectivity index (χ1) is 17.7. The zero-order valence-corrected chi connectivity index (χ0v) is 20.6. The normalized spacial score (nSPS) is 13.3. The van der Waals surface area contributed by atoms with Gasteiger partial charge in [0.1, 0.15) is 5.75 Å². The molecule has 3 heterocycles. The molecule has 0 atom stereocenters. The Hall–Kier alpha value is -3.97. The number of hydrogen-bond donors (Lipinski definition) is 0. The Labute approximate surface area is 209 Å². The summed E-state index contributed by atoms with van der Waals surface area (Å²) in [4.78, 5) is 0. The predicted octanol–water partition coefficient (Wildman–Crippen LogP) is 4.82. The fraction of sp³-hybridized carbons (Fsp3) is 0.276. The highest BCUT2D eigenvalue weighted by Gasteiger charge is 2.32. The lowest BCUT2D eigenvalue weighted by atomic mass is 9.91. The van der Waals surface area contributed by atoms with Crippen LogP contribution in [0.4, 0.5) is 0 Å². The molecule has 36 heavy (non-hydrogen) atoms. The number of methoxy groups -OCH3 is 3. The summed E-state index contributed by atoms with van der Waals surface area (Å²) in [6.45, 7) is 2.01. The summed E-state index contributed by atoms with van der Waals surface area (Å²) < 4.78 is 36.6. The molecule has 7 heteroatoms. The number of benzene rings is 3. The van der Waals surface area contributed by atoms with Gasteiger partial charge in [0.15, 0.2) is 35.7 Å². The number of nitrogens with zero attached hydrogens (tertiary/aromatic N) is 1. The lowest BCUT2D eigenvalue weighted by Crippen LogP contribution is -2.41. The summed E-state index contributed by atoms with van der Waals surface area (Å²) in [5, 5.41) is 2.06. The Balaban J connectivity index is 1.47. The van der Waals surface area contributed by atoms with Gasteiger partial charge in [-0.1, -0.05) is 12.1 Å². The zero-order chi connectivity index (χ0) is 24.6. The first kappa shape index (κ1) is 22.5. The molecule has 0 unspecified atom stereocenters. The van der Waals surface area contributed by atoms with Crippen LogP contribution in [0.15, 0.2) is 54.7 Å². The van der Waals surface area contributed by atoms with E-state index in [4.69, 9.17) is 28.4 Å². The van der Waals surface area contributed by atoms with Gasteiger partial charge < -0.3 is 28.4 Å². The van der Waals surface area contributed by atoms with E-state index < -0.39 is 0 Å². The molecule has 6 rings (SSSR count). The van der Waals surface area contributed by atoms with Crippen LogP contribution >= 0.6 is 0 Å². The van der Waals surface area contributed by atoms with Gasteiger partial charge in [0.2, 0.25) is 12.5 Å². The van der Waals surface area contributed by atoms with Crippen LogP contribution in [-0.4, -0.2) is 28.1 Å². The van der Waals surface area contributed by atoms with Crippen molar-refractivity contribution in [2.24, 2.45) is 0 Å². The maximum absolute atomic E-state index is 6.31. The van der Waals surface area contributed by atoms with Crippen LogP contribution in [0.5, 0.6) is 28.7 Å². The van der Waals surface area contributed by atoms with E-state index in [0.29, 0.717) is 19.0 Å². The van der Waals surface area contributed by atoms with E-state index in [0.717, 1.165) is 69.1 Å². The SMILES string of the molecule is COc1ccc(COCc2c3[n+](cc4c(OC)c(OC)ccc24)CCc2cc4c(cc2-3)OCO4)cc1. The summed E-state index contributed by atoms with van der Waals surface area (Å²) in [7, 11) is 5.00. The third kappa shape index (κ3) is 3.76. The second-order valence-corrected chi connectivity index (χ2v) is 8.87. The summed E-state index contributed by atoms with van der Waals surface area (Å²) >= 11 is 0. The lowest BCUT2D eigenvalue weighted by molar-refractivity contribution is -0.686. The number of aromatic nitrogens is 1. The minimum absolute atomic E-state index is 0.255. The first-order valence-corrected chi connectivity index (χ1v) is 11.9. The molecule has 4 aromatic rings. The quantitative estimate of drug-likeness (QED) is 0.349. The third-order valence-electron chi connectivity index (χ3n) is 6.92. The number of aryl methyl sites for hydroxylation is 2. The van der Waals surface area contributed by atoms with E-state index in [1.165, 1.54) is 5.56 Å². The maximum Gasteiger partial charge on any atom is 0.231 e. The Morgan fingerprint density at radius 3 is 2.39 bits per heavy atom. The molecule has 1 aromatic heterocycles. The standard InChI is InChI=1S/C29H28NO6/c1-31-20-6-4-18(5-7-20)15-34-16-24-21-8-9-25(32-2)29(33-3)23(21)14-30-11-10-19-12-26-27(36-17-35-26)13-22(19)28(24)30/h4-9,12-14H,10-11,15-17H2,1-3H3/q+1. The Morgan fingerprint density at radius 1 is 0.833 bits per heavy atom. The Kier molecular flexibility index (Phi) is 5.77. The highest BCUT2D eigenvalue weighted by atomic mass is 16.7. The van der Waals surface area contributed by atoms with Gasteiger partial charge in [-0.2, -0.15) is 4.57 Å². The van der Waals surface area contributed by atoms with Gasteiger partial charge in [-0.25, -0.2) is 0 Å². The predicted molar refractivity (Wildman–Crippen MR) is 134 cm³/mol. The van der Waals surface area contributed by atoms with Gasteiger partial charge in [-0.3, -0.25) is 0 Å². The molecule has 0 fully saturated rings. The molecule has 2 aliphatic rings. The van der Waals surface area contributed by atoms with Crippen molar-refractivity contribution in [2.45, 2.75) is 26.2 Å². The van der Waals surface area contributed by atoms with Gasteiger partial charge in [-0.15, -0.1) is 0 Å². The van der Waals surface area contributed by atoms with E-state index in [1.54, 1.807) is 21.3 Å². The van der Waals surface area contributed by atoms with Crippen molar-refractivity contribution >= 4 is 10.8 Å². The Bertz CT molecular complexity index is 1450. The number of rotatable bonds is 7. The van der Waals surface area contributed by atoms with E-state index in [-0.39, 0.29) is 6.79 Å². The molecule has 184 valence electrons. The van der Waals surface area contributed by atoms with Gasteiger partial charge in [-0.05, 0) is 47.5 Å². The minimum Gasteiger partial charge on any atom is -0.497 e. The molecule has 0 amide bonds. The van der Waals surface area contributed by atoms with Crippen LogP contribution in [0.3, 0.4) is 0 Å².